The summed E-state index contributed by atoms with van der Waals surface area (Å²) >= 11 is 0. The third kappa shape index (κ3) is 4.34. The van der Waals surface area contributed by atoms with E-state index in [4.69, 9.17) is 0 Å². The van der Waals surface area contributed by atoms with E-state index in [1.165, 1.54) is 24.0 Å². The monoisotopic (exact) mass is 281 g/mol. The first-order chi connectivity index (χ1) is 8.85. The molecule has 106 valence electrons. The Kier molecular flexibility index (Phi) is 7.14. The summed E-state index contributed by atoms with van der Waals surface area (Å²) in [7, 11) is 0. The van der Waals surface area contributed by atoms with Gasteiger partial charge in [0.1, 0.15) is 0 Å². The van der Waals surface area contributed by atoms with Crippen LogP contribution in [0.15, 0.2) is 36.4 Å². The van der Waals surface area contributed by atoms with Gasteiger partial charge in [-0.15, -0.1) is 12.4 Å². The van der Waals surface area contributed by atoms with Crippen molar-refractivity contribution in [2.24, 2.45) is 5.92 Å². The lowest BCUT2D eigenvalue weighted by molar-refractivity contribution is 0.192. The van der Waals surface area contributed by atoms with Gasteiger partial charge in [-0.25, -0.2) is 0 Å². The van der Waals surface area contributed by atoms with Crippen molar-refractivity contribution in [3.8, 4) is 0 Å². The molecule has 0 fully saturated rings. The molecule has 1 aromatic rings. The molecule has 3 heteroatoms. The third-order valence-corrected chi connectivity index (χ3v) is 3.64. The molecule has 1 unspecified atom stereocenters. The van der Waals surface area contributed by atoms with Gasteiger partial charge in [-0.2, -0.15) is 0 Å². The zero-order chi connectivity index (χ0) is 12.8. The first-order valence-corrected chi connectivity index (χ1v) is 6.93. The SMILES string of the molecule is CCCCN1CC=C(c2ccccc2)C(CO)C1.Cl. The second kappa shape index (κ2) is 8.36. The summed E-state index contributed by atoms with van der Waals surface area (Å²) in [5.41, 5.74) is 2.57. The number of benzene rings is 1. The van der Waals surface area contributed by atoms with Crippen LogP contribution in [-0.2, 0) is 0 Å². The average molecular weight is 282 g/mol. The van der Waals surface area contributed by atoms with Crippen molar-refractivity contribution in [2.45, 2.75) is 19.8 Å². The van der Waals surface area contributed by atoms with Crippen molar-refractivity contribution in [3.05, 3.63) is 42.0 Å². The molecule has 2 nitrogen and oxygen atoms in total. The quantitative estimate of drug-likeness (QED) is 0.896. The molecule has 0 amide bonds. The molecule has 1 aliphatic heterocycles. The Morgan fingerprint density at radius 1 is 1.26 bits per heavy atom. The van der Waals surface area contributed by atoms with Gasteiger partial charge < -0.3 is 5.11 Å². The molecule has 0 spiro atoms. The van der Waals surface area contributed by atoms with Gasteiger partial charge in [0.15, 0.2) is 0 Å². The fraction of sp³-hybridized carbons (Fsp3) is 0.500. The molecule has 1 heterocycles. The van der Waals surface area contributed by atoms with E-state index in [1.54, 1.807) is 0 Å². The highest BCUT2D eigenvalue weighted by atomic mass is 35.5. The van der Waals surface area contributed by atoms with Gasteiger partial charge in [-0.1, -0.05) is 49.8 Å². The molecular formula is C16H24ClNO. The molecule has 19 heavy (non-hydrogen) atoms. The van der Waals surface area contributed by atoms with E-state index < -0.39 is 0 Å². The molecule has 1 aliphatic rings. The summed E-state index contributed by atoms with van der Waals surface area (Å²) in [6, 6.07) is 10.4. The second-order valence-electron chi connectivity index (χ2n) is 5.02. The Hall–Kier alpha value is -0.830. The minimum Gasteiger partial charge on any atom is -0.396 e. The molecule has 1 atom stereocenters. The topological polar surface area (TPSA) is 23.5 Å². The zero-order valence-electron chi connectivity index (χ0n) is 11.6. The minimum absolute atomic E-state index is 0. The number of rotatable bonds is 5. The van der Waals surface area contributed by atoms with Crippen LogP contribution in [0.1, 0.15) is 25.3 Å². The number of hydrogen-bond acceptors (Lipinski definition) is 2. The minimum atomic E-state index is 0. The van der Waals surface area contributed by atoms with E-state index in [0.29, 0.717) is 0 Å². The van der Waals surface area contributed by atoms with Crippen molar-refractivity contribution in [2.75, 3.05) is 26.2 Å². The fourth-order valence-electron chi connectivity index (χ4n) is 2.58. The number of nitrogens with zero attached hydrogens (tertiary/aromatic N) is 1. The van der Waals surface area contributed by atoms with Gasteiger partial charge in [0.05, 0.1) is 6.61 Å². The van der Waals surface area contributed by atoms with Gasteiger partial charge >= 0.3 is 0 Å². The maximum absolute atomic E-state index is 9.60. The van der Waals surface area contributed by atoms with E-state index in [9.17, 15) is 5.11 Å². The summed E-state index contributed by atoms with van der Waals surface area (Å²) in [6.45, 7) is 5.60. The Morgan fingerprint density at radius 2 is 2.00 bits per heavy atom. The van der Waals surface area contributed by atoms with Crippen LogP contribution in [-0.4, -0.2) is 36.2 Å². The lowest BCUT2D eigenvalue weighted by atomic mass is 9.89. The number of aliphatic hydroxyl groups is 1. The van der Waals surface area contributed by atoms with Crippen molar-refractivity contribution >= 4 is 18.0 Å². The number of aliphatic hydroxyl groups excluding tert-OH is 1. The summed E-state index contributed by atoms with van der Waals surface area (Å²) in [5, 5.41) is 9.60. The van der Waals surface area contributed by atoms with Crippen LogP contribution in [0.4, 0.5) is 0 Å². The summed E-state index contributed by atoms with van der Waals surface area (Å²) in [6.07, 6.45) is 4.76. The highest BCUT2D eigenvalue weighted by Gasteiger charge is 2.22. The molecule has 0 aromatic heterocycles. The van der Waals surface area contributed by atoms with Crippen molar-refractivity contribution in [1.82, 2.24) is 4.90 Å². The highest BCUT2D eigenvalue weighted by Crippen LogP contribution is 2.27. The van der Waals surface area contributed by atoms with Gasteiger partial charge in [-0.3, -0.25) is 4.90 Å². The van der Waals surface area contributed by atoms with Crippen LogP contribution >= 0.6 is 12.4 Å². The molecule has 1 aromatic carbocycles. The van der Waals surface area contributed by atoms with Gasteiger partial charge in [0, 0.05) is 19.0 Å². The maximum atomic E-state index is 9.60. The van der Waals surface area contributed by atoms with Gasteiger partial charge in [-0.05, 0) is 24.1 Å². The van der Waals surface area contributed by atoms with Gasteiger partial charge in [0.2, 0.25) is 0 Å². The molecular weight excluding hydrogens is 258 g/mol. The lowest BCUT2D eigenvalue weighted by Crippen LogP contribution is -2.36. The highest BCUT2D eigenvalue weighted by molar-refractivity contribution is 5.85. The Morgan fingerprint density at radius 3 is 2.63 bits per heavy atom. The summed E-state index contributed by atoms with van der Waals surface area (Å²) in [5.74, 6) is 0.262. The van der Waals surface area contributed by atoms with Crippen molar-refractivity contribution in [3.63, 3.8) is 0 Å². The molecule has 2 rings (SSSR count). The molecule has 0 saturated heterocycles. The zero-order valence-corrected chi connectivity index (χ0v) is 12.4. The predicted octanol–water partition coefficient (Wildman–Crippen LogP) is 3.22. The van der Waals surface area contributed by atoms with Gasteiger partial charge in [0.25, 0.3) is 0 Å². The van der Waals surface area contributed by atoms with E-state index in [-0.39, 0.29) is 24.9 Å². The number of hydrogen-bond donors (Lipinski definition) is 1. The normalized spacial score (nSPS) is 19.7. The first-order valence-electron chi connectivity index (χ1n) is 6.93. The van der Waals surface area contributed by atoms with Crippen LogP contribution in [0.25, 0.3) is 5.57 Å². The van der Waals surface area contributed by atoms with Crippen molar-refractivity contribution < 1.29 is 5.11 Å². The van der Waals surface area contributed by atoms with E-state index in [2.05, 4.69) is 42.2 Å². The number of halogens is 1. The Bertz CT molecular complexity index is 391. The van der Waals surface area contributed by atoms with Crippen LogP contribution < -0.4 is 0 Å². The predicted molar refractivity (Wildman–Crippen MR) is 83.6 cm³/mol. The maximum Gasteiger partial charge on any atom is 0.0512 e. The van der Waals surface area contributed by atoms with E-state index in [1.807, 2.05) is 6.07 Å². The molecule has 1 N–H and O–H groups in total. The lowest BCUT2D eigenvalue weighted by Gasteiger charge is -2.32. The standard InChI is InChI=1S/C16H23NO.ClH/c1-2-3-10-17-11-9-16(15(12-17)13-18)14-7-5-4-6-8-14;/h4-9,15,18H,2-3,10-13H2,1H3;1H. The fourth-order valence-corrected chi connectivity index (χ4v) is 2.58. The number of unbranched alkanes of at least 4 members (excludes halogenated alkanes) is 1. The Labute approximate surface area is 122 Å². The van der Waals surface area contributed by atoms with Crippen molar-refractivity contribution in [1.29, 1.82) is 0 Å². The second-order valence-corrected chi connectivity index (χ2v) is 5.02. The summed E-state index contributed by atoms with van der Waals surface area (Å²) < 4.78 is 0. The first kappa shape index (κ1) is 16.2. The molecule has 0 radical (unpaired) electrons. The average Bonchev–Trinajstić information content (AvgIpc) is 2.45. The molecule has 0 aliphatic carbocycles. The van der Waals surface area contributed by atoms with Crippen LogP contribution in [0.3, 0.4) is 0 Å². The molecule has 0 bridgehead atoms. The van der Waals surface area contributed by atoms with E-state index >= 15 is 0 Å². The van der Waals surface area contributed by atoms with Crippen LogP contribution in [0.2, 0.25) is 0 Å². The van der Waals surface area contributed by atoms with E-state index in [0.717, 1.165) is 19.6 Å². The largest absolute Gasteiger partial charge is 0.396 e. The summed E-state index contributed by atoms with van der Waals surface area (Å²) in [4.78, 5) is 2.44. The Balaban J connectivity index is 0.00000180. The molecule has 0 saturated carbocycles. The van der Waals surface area contributed by atoms with Crippen LogP contribution in [0.5, 0.6) is 0 Å². The third-order valence-electron chi connectivity index (χ3n) is 3.64. The van der Waals surface area contributed by atoms with Crippen LogP contribution in [0, 0.1) is 5.92 Å². The smallest absolute Gasteiger partial charge is 0.0512 e.